The Morgan fingerprint density at radius 2 is 2.06 bits per heavy atom. The van der Waals surface area contributed by atoms with Crippen LogP contribution in [0.15, 0.2) is 24.3 Å². The molecule has 0 bridgehead atoms. The molecule has 1 atom stereocenters. The van der Waals surface area contributed by atoms with Crippen LogP contribution in [-0.4, -0.2) is 29.7 Å². The Labute approximate surface area is 105 Å². The summed E-state index contributed by atoms with van der Waals surface area (Å²) in [4.78, 5) is 10.6. The number of carbonyl (C=O) groups is 1. The highest BCUT2D eigenvalue weighted by Crippen LogP contribution is 2.36. The van der Waals surface area contributed by atoms with Crippen LogP contribution in [-0.2, 0) is 4.79 Å². The molecule has 4 nitrogen and oxygen atoms in total. The van der Waals surface area contributed by atoms with E-state index in [9.17, 15) is 14.3 Å². The zero-order valence-corrected chi connectivity index (χ0v) is 9.97. The molecule has 5 heteroatoms. The highest BCUT2D eigenvalue weighted by Gasteiger charge is 2.30. The molecule has 4 N–H and O–H groups in total. The lowest BCUT2D eigenvalue weighted by atomic mass is 9.76. The third-order valence-electron chi connectivity index (χ3n) is 3.41. The molecule has 1 fully saturated rings. The summed E-state index contributed by atoms with van der Waals surface area (Å²) in [5.74, 6) is -0.511. The summed E-state index contributed by atoms with van der Waals surface area (Å²) < 4.78 is 12.8. The third-order valence-corrected chi connectivity index (χ3v) is 3.41. The number of nitrogens with one attached hydrogen (secondary N) is 1. The van der Waals surface area contributed by atoms with Gasteiger partial charge in [0.05, 0.1) is 0 Å². The number of aliphatic hydroxyl groups excluding tert-OH is 1. The van der Waals surface area contributed by atoms with Gasteiger partial charge in [0.1, 0.15) is 11.9 Å². The lowest BCUT2D eigenvalue weighted by molar-refractivity contribution is -0.125. The van der Waals surface area contributed by atoms with Crippen molar-refractivity contribution in [2.75, 3.05) is 6.54 Å². The van der Waals surface area contributed by atoms with Crippen molar-refractivity contribution in [3.05, 3.63) is 35.6 Å². The number of aliphatic hydroxyl groups is 1. The summed E-state index contributed by atoms with van der Waals surface area (Å²) in [6, 6.07) is 6.82. The number of carbonyl (C=O) groups excluding carboxylic acids is 1. The maximum Gasteiger partial charge on any atom is 0.247 e. The van der Waals surface area contributed by atoms with E-state index in [0.717, 1.165) is 18.4 Å². The molecule has 1 aromatic rings. The monoisotopic (exact) mass is 252 g/mol. The van der Waals surface area contributed by atoms with Crippen molar-refractivity contribution in [1.29, 1.82) is 0 Å². The third kappa shape index (κ3) is 3.05. The van der Waals surface area contributed by atoms with Crippen LogP contribution in [0.1, 0.15) is 24.3 Å². The fourth-order valence-electron chi connectivity index (χ4n) is 2.17. The normalized spacial score (nSPS) is 24.3. The molecule has 0 heterocycles. The minimum Gasteiger partial charge on any atom is -0.382 e. The Kier molecular flexibility index (Phi) is 3.93. The molecule has 0 radical (unpaired) electrons. The van der Waals surface area contributed by atoms with Crippen molar-refractivity contribution in [2.45, 2.75) is 30.9 Å². The largest absolute Gasteiger partial charge is 0.382 e. The summed E-state index contributed by atoms with van der Waals surface area (Å²) in [6.45, 7) is 0.191. The summed E-state index contributed by atoms with van der Waals surface area (Å²) in [6.07, 6.45) is 0.726. The Morgan fingerprint density at radius 3 is 2.61 bits per heavy atom. The van der Waals surface area contributed by atoms with Gasteiger partial charge in [-0.2, -0.15) is 0 Å². The van der Waals surface area contributed by atoms with Crippen molar-refractivity contribution in [3.8, 4) is 0 Å². The summed E-state index contributed by atoms with van der Waals surface area (Å²) in [7, 11) is 0. The molecule has 1 unspecified atom stereocenters. The second-order valence-corrected chi connectivity index (χ2v) is 4.74. The molecule has 1 aliphatic carbocycles. The molecule has 98 valence electrons. The van der Waals surface area contributed by atoms with Gasteiger partial charge < -0.3 is 16.2 Å². The van der Waals surface area contributed by atoms with Crippen LogP contribution in [0.5, 0.6) is 0 Å². The molecule has 18 heavy (non-hydrogen) atoms. The molecule has 1 amide bonds. The van der Waals surface area contributed by atoms with Crippen LogP contribution in [0.25, 0.3) is 0 Å². The van der Waals surface area contributed by atoms with Crippen molar-refractivity contribution in [2.24, 2.45) is 5.73 Å². The van der Waals surface area contributed by atoms with Gasteiger partial charge in [-0.05, 0) is 36.5 Å². The number of amides is 1. The number of halogens is 1. The number of hydrogen-bond donors (Lipinski definition) is 3. The second-order valence-electron chi connectivity index (χ2n) is 4.74. The second kappa shape index (κ2) is 5.46. The van der Waals surface area contributed by atoms with Gasteiger partial charge in [0.2, 0.25) is 5.91 Å². The number of primary amides is 1. The highest BCUT2D eigenvalue weighted by atomic mass is 19.1. The van der Waals surface area contributed by atoms with E-state index in [0.29, 0.717) is 5.92 Å². The SMILES string of the molecule is NC(=O)C(O)CNC1CC(c2ccc(F)cc2)C1. The van der Waals surface area contributed by atoms with Gasteiger partial charge in [-0.3, -0.25) is 4.79 Å². The van der Waals surface area contributed by atoms with Gasteiger partial charge in [-0.25, -0.2) is 4.39 Å². The van der Waals surface area contributed by atoms with Crippen LogP contribution in [0.3, 0.4) is 0 Å². The topological polar surface area (TPSA) is 75.4 Å². The van der Waals surface area contributed by atoms with Crippen molar-refractivity contribution >= 4 is 5.91 Å². The molecule has 2 rings (SSSR count). The molecule has 0 spiro atoms. The van der Waals surface area contributed by atoms with E-state index in [-0.39, 0.29) is 18.4 Å². The standard InChI is InChI=1S/C13H17FN2O2/c14-10-3-1-8(2-4-10)9-5-11(6-9)16-7-12(17)13(15)18/h1-4,9,11-12,16-17H,5-7H2,(H2,15,18). The maximum atomic E-state index is 12.8. The van der Waals surface area contributed by atoms with Crippen LogP contribution in [0, 0.1) is 5.82 Å². The van der Waals surface area contributed by atoms with E-state index in [1.54, 1.807) is 12.1 Å². The number of nitrogens with two attached hydrogens (primary N) is 1. The maximum absolute atomic E-state index is 12.8. The van der Waals surface area contributed by atoms with Crippen LogP contribution >= 0.6 is 0 Å². The van der Waals surface area contributed by atoms with Crippen molar-refractivity contribution in [1.82, 2.24) is 5.32 Å². The Bertz CT molecular complexity index is 416. The predicted molar refractivity (Wildman–Crippen MR) is 65.4 cm³/mol. The highest BCUT2D eigenvalue weighted by molar-refractivity contribution is 5.78. The van der Waals surface area contributed by atoms with E-state index < -0.39 is 12.0 Å². The van der Waals surface area contributed by atoms with Crippen LogP contribution < -0.4 is 11.1 Å². The lowest BCUT2D eigenvalue weighted by Gasteiger charge is -2.36. The van der Waals surface area contributed by atoms with Gasteiger partial charge in [0.25, 0.3) is 0 Å². The number of hydrogen-bond acceptors (Lipinski definition) is 3. The fraction of sp³-hybridized carbons (Fsp3) is 0.462. The van der Waals surface area contributed by atoms with E-state index in [2.05, 4.69) is 5.32 Å². The molecule has 0 aliphatic heterocycles. The lowest BCUT2D eigenvalue weighted by Crippen LogP contribution is -2.46. The van der Waals surface area contributed by atoms with E-state index in [1.807, 2.05) is 0 Å². The Hall–Kier alpha value is -1.46. The van der Waals surface area contributed by atoms with Gasteiger partial charge in [-0.15, -0.1) is 0 Å². The minimum atomic E-state index is -1.13. The average Bonchev–Trinajstić information content (AvgIpc) is 2.28. The first-order chi connectivity index (χ1) is 8.56. The summed E-state index contributed by atoms with van der Waals surface area (Å²) in [5, 5.41) is 12.3. The molecule has 1 saturated carbocycles. The number of benzene rings is 1. The van der Waals surface area contributed by atoms with E-state index >= 15 is 0 Å². The van der Waals surface area contributed by atoms with Crippen LogP contribution in [0.4, 0.5) is 4.39 Å². The minimum absolute atomic E-state index is 0.191. The molecule has 1 aliphatic rings. The van der Waals surface area contributed by atoms with Crippen molar-refractivity contribution in [3.63, 3.8) is 0 Å². The van der Waals surface area contributed by atoms with Crippen LogP contribution in [0.2, 0.25) is 0 Å². The van der Waals surface area contributed by atoms with E-state index in [1.165, 1.54) is 12.1 Å². The zero-order chi connectivity index (χ0) is 13.1. The molecule has 1 aromatic carbocycles. The fourth-order valence-corrected chi connectivity index (χ4v) is 2.17. The van der Waals surface area contributed by atoms with Gasteiger partial charge in [-0.1, -0.05) is 12.1 Å². The molecule has 0 saturated heterocycles. The van der Waals surface area contributed by atoms with E-state index in [4.69, 9.17) is 5.73 Å². The predicted octanol–water partition coefficient (Wildman–Crippen LogP) is 0.507. The summed E-state index contributed by atoms with van der Waals surface area (Å²) in [5.41, 5.74) is 6.08. The first-order valence-electron chi connectivity index (χ1n) is 6.02. The first-order valence-corrected chi connectivity index (χ1v) is 6.02. The Balaban J connectivity index is 1.74. The molecular weight excluding hydrogens is 235 g/mol. The van der Waals surface area contributed by atoms with Gasteiger partial charge in [0.15, 0.2) is 0 Å². The van der Waals surface area contributed by atoms with Crippen molar-refractivity contribution < 1.29 is 14.3 Å². The zero-order valence-electron chi connectivity index (χ0n) is 9.97. The van der Waals surface area contributed by atoms with Gasteiger partial charge >= 0.3 is 0 Å². The smallest absolute Gasteiger partial charge is 0.247 e. The molecule has 0 aromatic heterocycles. The summed E-state index contributed by atoms with van der Waals surface area (Å²) >= 11 is 0. The quantitative estimate of drug-likeness (QED) is 0.714. The average molecular weight is 252 g/mol. The Morgan fingerprint density at radius 1 is 1.44 bits per heavy atom. The first kappa shape index (κ1) is 13.0. The van der Waals surface area contributed by atoms with Gasteiger partial charge in [0, 0.05) is 12.6 Å². The molecular formula is C13H17FN2O2. The number of rotatable bonds is 5.